The molecule has 0 atom stereocenters. The molecule has 4 aliphatic rings. The van der Waals surface area contributed by atoms with Gasteiger partial charge in [0.15, 0.2) is 6.73 Å². The van der Waals surface area contributed by atoms with Crippen LogP contribution in [0, 0.1) is 0 Å². The van der Waals surface area contributed by atoms with E-state index in [-0.39, 0.29) is 24.8 Å². The summed E-state index contributed by atoms with van der Waals surface area (Å²) in [4.78, 5) is 30.6. The maximum atomic E-state index is 12.7. The third-order valence-corrected chi connectivity index (χ3v) is 5.84. The summed E-state index contributed by atoms with van der Waals surface area (Å²) in [5.41, 5.74) is 0.722. The van der Waals surface area contributed by atoms with Crippen molar-refractivity contribution in [2.45, 2.75) is 57.0 Å². The summed E-state index contributed by atoms with van der Waals surface area (Å²) >= 11 is 0. The fourth-order valence-electron chi connectivity index (χ4n) is 4.37. The van der Waals surface area contributed by atoms with Crippen LogP contribution in [0.4, 0.5) is 4.79 Å². The van der Waals surface area contributed by atoms with Gasteiger partial charge >= 0.3 is 6.09 Å². The first-order chi connectivity index (χ1) is 12.7. The lowest BCUT2D eigenvalue weighted by molar-refractivity contribution is -0.127. The normalized spacial score (nSPS) is 24.7. The van der Waals surface area contributed by atoms with Crippen LogP contribution in [0.15, 0.2) is 11.9 Å². The molecule has 0 aromatic rings. The molecule has 0 aromatic heterocycles. The molecule has 2 N–H and O–H groups in total. The van der Waals surface area contributed by atoms with Crippen molar-refractivity contribution < 1.29 is 14.3 Å². The zero-order valence-electron chi connectivity index (χ0n) is 15.3. The monoisotopic (exact) mass is 363 g/mol. The van der Waals surface area contributed by atoms with Crippen molar-refractivity contribution in [2.24, 2.45) is 0 Å². The number of ether oxygens (including phenoxy) is 1. The van der Waals surface area contributed by atoms with Gasteiger partial charge in [-0.1, -0.05) is 19.3 Å². The van der Waals surface area contributed by atoms with Crippen LogP contribution in [-0.2, 0) is 9.53 Å². The number of rotatable bonds is 4. The molecule has 1 saturated carbocycles. The minimum Gasteiger partial charge on any atom is -0.428 e. The third-order valence-electron chi connectivity index (χ3n) is 5.84. The number of nitrogens with one attached hydrogen (secondary N) is 2. The third kappa shape index (κ3) is 3.75. The highest BCUT2D eigenvalue weighted by Gasteiger charge is 2.40. The Balaban J connectivity index is 1.25. The zero-order chi connectivity index (χ0) is 17.9. The molecule has 0 spiro atoms. The van der Waals surface area contributed by atoms with Crippen molar-refractivity contribution in [1.82, 2.24) is 25.3 Å². The second kappa shape index (κ2) is 7.73. The highest BCUT2D eigenvalue weighted by molar-refractivity contribution is 5.95. The predicted molar refractivity (Wildman–Crippen MR) is 95.6 cm³/mol. The molecule has 26 heavy (non-hydrogen) atoms. The van der Waals surface area contributed by atoms with Gasteiger partial charge in [-0.15, -0.1) is 0 Å². The Morgan fingerprint density at radius 1 is 1.15 bits per heavy atom. The van der Waals surface area contributed by atoms with Crippen molar-refractivity contribution in [3.8, 4) is 0 Å². The second-order valence-electron chi connectivity index (χ2n) is 7.72. The van der Waals surface area contributed by atoms with Gasteiger partial charge in [0.1, 0.15) is 5.70 Å². The van der Waals surface area contributed by atoms with Gasteiger partial charge in [0.25, 0.3) is 5.91 Å². The Morgan fingerprint density at radius 3 is 2.65 bits per heavy atom. The van der Waals surface area contributed by atoms with Gasteiger partial charge in [-0.25, -0.2) is 4.79 Å². The molecule has 0 radical (unpaired) electrons. The zero-order valence-corrected chi connectivity index (χ0v) is 15.3. The molecule has 3 fully saturated rings. The van der Waals surface area contributed by atoms with Crippen LogP contribution in [0.5, 0.6) is 0 Å². The highest BCUT2D eigenvalue weighted by atomic mass is 16.6. The number of nitrogens with zero attached hydrogens (tertiary/aromatic N) is 3. The van der Waals surface area contributed by atoms with E-state index in [1.165, 1.54) is 19.3 Å². The Kier molecular flexibility index (Phi) is 5.19. The number of hydrogen-bond acceptors (Lipinski definition) is 6. The van der Waals surface area contributed by atoms with Gasteiger partial charge in [-0.2, -0.15) is 0 Å². The van der Waals surface area contributed by atoms with Gasteiger partial charge in [0, 0.05) is 18.3 Å². The standard InChI is InChI=1S/C18H29N5O3/c24-17-16-10-21(13-26-18(25)20-14-4-2-1-3-5-14)11-22(16)12-23(17)15-6-8-19-9-7-15/h10,14-15,19H,1-9,11-13H2,(H,20,25). The van der Waals surface area contributed by atoms with Gasteiger partial charge in [-0.05, 0) is 38.8 Å². The van der Waals surface area contributed by atoms with Gasteiger partial charge in [0.2, 0.25) is 0 Å². The first-order valence-electron chi connectivity index (χ1n) is 9.86. The maximum Gasteiger partial charge on any atom is 0.409 e. The molecule has 0 aromatic carbocycles. The van der Waals surface area contributed by atoms with E-state index in [0.29, 0.717) is 19.4 Å². The lowest BCUT2D eigenvalue weighted by atomic mass is 9.96. The van der Waals surface area contributed by atoms with Gasteiger partial charge in [-0.3, -0.25) is 4.79 Å². The minimum atomic E-state index is -0.356. The van der Waals surface area contributed by atoms with Crippen molar-refractivity contribution in [1.29, 1.82) is 0 Å². The Labute approximate surface area is 154 Å². The molecule has 0 unspecified atom stereocenters. The van der Waals surface area contributed by atoms with E-state index in [1.54, 1.807) is 0 Å². The van der Waals surface area contributed by atoms with E-state index in [2.05, 4.69) is 15.5 Å². The largest absolute Gasteiger partial charge is 0.428 e. The second-order valence-corrected chi connectivity index (χ2v) is 7.72. The lowest BCUT2D eigenvalue weighted by Crippen LogP contribution is -2.45. The summed E-state index contributed by atoms with van der Waals surface area (Å²) in [7, 11) is 0. The lowest BCUT2D eigenvalue weighted by Gasteiger charge is -2.31. The van der Waals surface area contributed by atoms with Crippen molar-refractivity contribution in [3.63, 3.8) is 0 Å². The van der Waals surface area contributed by atoms with E-state index in [4.69, 9.17) is 4.74 Å². The molecule has 3 aliphatic heterocycles. The molecule has 1 aliphatic carbocycles. The molecule has 8 heteroatoms. The number of carbonyl (C=O) groups excluding carboxylic acids is 2. The van der Waals surface area contributed by atoms with Crippen LogP contribution in [0.1, 0.15) is 44.9 Å². The Hall–Kier alpha value is -1.96. The minimum absolute atomic E-state index is 0.103. The van der Waals surface area contributed by atoms with Crippen LogP contribution < -0.4 is 10.6 Å². The topological polar surface area (TPSA) is 77.1 Å². The first kappa shape index (κ1) is 17.5. The number of amides is 2. The van der Waals surface area contributed by atoms with Crippen LogP contribution in [0.2, 0.25) is 0 Å². The number of fused-ring (bicyclic) bond motifs is 1. The Morgan fingerprint density at radius 2 is 1.92 bits per heavy atom. The summed E-state index contributed by atoms with van der Waals surface area (Å²) in [6.45, 7) is 3.37. The summed E-state index contributed by atoms with van der Waals surface area (Å²) in [5.74, 6) is 0.103. The van der Waals surface area contributed by atoms with E-state index in [1.807, 2.05) is 16.0 Å². The molecule has 2 amide bonds. The molecular weight excluding hydrogens is 334 g/mol. The van der Waals surface area contributed by atoms with Crippen molar-refractivity contribution in [3.05, 3.63) is 11.9 Å². The van der Waals surface area contributed by atoms with Crippen molar-refractivity contribution in [2.75, 3.05) is 33.2 Å². The summed E-state index contributed by atoms with van der Waals surface area (Å²) in [6, 6.07) is 0.581. The fraction of sp³-hybridized carbons (Fsp3) is 0.778. The SMILES string of the molecule is O=C(NC1CCCCC1)OCN1C=C2C(=O)N(C3CCNCC3)CN2C1. The quantitative estimate of drug-likeness (QED) is 0.775. The molecule has 144 valence electrons. The van der Waals surface area contributed by atoms with E-state index < -0.39 is 0 Å². The molecule has 4 rings (SSSR count). The number of hydrogen-bond donors (Lipinski definition) is 2. The summed E-state index contributed by atoms with van der Waals surface area (Å²) < 4.78 is 5.34. The van der Waals surface area contributed by atoms with Crippen LogP contribution >= 0.6 is 0 Å². The maximum absolute atomic E-state index is 12.7. The summed E-state index contributed by atoms with van der Waals surface area (Å²) in [6.07, 6.45) is 9.19. The average molecular weight is 363 g/mol. The number of carbonyl (C=O) groups is 2. The molecule has 3 heterocycles. The summed E-state index contributed by atoms with van der Waals surface area (Å²) in [5, 5.41) is 6.29. The van der Waals surface area contributed by atoms with Crippen LogP contribution in [-0.4, -0.2) is 71.9 Å². The highest BCUT2D eigenvalue weighted by Crippen LogP contribution is 2.28. The predicted octanol–water partition coefficient (Wildman–Crippen LogP) is 0.971. The number of piperidine rings is 1. The molecule has 0 bridgehead atoms. The molecule has 8 nitrogen and oxygen atoms in total. The van der Waals surface area contributed by atoms with Gasteiger partial charge in [0.05, 0.1) is 13.3 Å². The molecular formula is C18H29N5O3. The average Bonchev–Trinajstić information content (AvgIpc) is 3.21. The molecule has 2 saturated heterocycles. The van der Waals surface area contributed by atoms with Crippen LogP contribution in [0.25, 0.3) is 0 Å². The fourth-order valence-corrected chi connectivity index (χ4v) is 4.37. The van der Waals surface area contributed by atoms with Crippen molar-refractivity contribution >= 4 is 12.0 Å². The smallest absolute Gasteiger partial charge is 0.409 e. The van der Waals surface area contributed by atoms with Crippen LogP contribution in [0.3, 0.4) is 0 Å². The van der Waals surface area contributed by atoms with E-state index in [9.17, 15) is 9.59 Å². The Bertz CT molecular complexity index is 569. The first-order valence-corrected chi connectivity index (χ1v) is 9.86. The van der Waals surface area contributed by atoms with E-state index in [0.717, 1.165) is 44.5 Å². The van der Waals surface area contributed by atoms with Gasteiger partial charge < -0.3 is 30.1 Å². The number of alkyl carbamates (subject to hydrolysis) is 1. The van der Waals surface area contributed by atoms with E-state index >= 15 is 0 Å².